The number of aliphatic hydroxyl groups is 1. The zero-order valence-electron chi connectivity index (χ0n) is 5.26. The van der Waals surface area contributed by atoms with Crippen LogP contribution in [0.2, 0.25) is 0 Å². The van der Waals surface area contributed by atoms with Crippen LogP contribution in [0.15, 0.2) is 22.8 Å². The van der Waals surface area contributed by atoms with E-state index in [2.05, 4.69) is 29.2 Å². The van der Waals surface area contributed by atoms with Crippen molar-refractivity contribution in [3.05, 3.63) is 22.8 Å². The van der Waals surface area contributed by atoms with Crippen LogP contribution in [0, 0.1) is 0 Å². The first-order valence-electron chi connectivity index (χ1n) is 2.87. The van der Waals surface area contributed by atoms with Gasteiger partial charge < -0.3 is 5.11 Å². The Labute approximate surface area is 69.6 Å². The molecular formula is C7H11IO. The molecule has 2 heteroatoms. The molecule has 1 atom stereocenters. The van der Waals surface area contributed by atoms with Gasteiger partial charge in [0.15, 0.2) is 0 Å². The van der Waals surface area contributed by atoms with Gasteiger partial charge in [-0.15, -0.1) is 6.58 Å². The Kier molecular flexibility index (Phi) is 6.41. The topological polar surface area (TPSA) is 20.2 Å². The van der Waals surface area contributed by atoms with Crippen LogP contribution in [0.5, 0.6) is 0 Å². The Hall–Kier alpha value is 0.170. The smallest absolute Gasteiger partial charge is 0.0731 e. The summed E-state index contributed by atoms with van der Waals surface area (Å²) in [7, 11) is 0. The second kappa shape index (κ2) is 6.29. The van der Waals surface area contributed by atoms with Crippen LogP contribution in [0.4, 0.5) is 0 Å². The van der Waals surface area contributed by atoms with E-state index in [9.17, 15) is 0 Å². The van der Waals surface area contributed by atoms with Crippen LogP contribution in [0.3, 0.4) is 0 Å². The van der Waals surface area contributed by atoms with Crippen molar-refractivity contribution < 1.29 is 5.11 Å². The van der Waals surface area contributed by atoms with Crippen molar-refractivity contribution in [3.8, 4) is 0 Å². The first-order valence-corrected chi connectivity index (χ1v) is 4.11. The summed E-state index contributed by atoms with van der Waals surface area (Å²) in [5.74, 6) is 0. The van der Waals surface area contributed by atoms with Gasteiger partial charge in [-0.3, -0.25) is 0 Å². The lowest BCUT2D eigenvalue weighted by atomic mass is 10.2. The van der Waals surface area contributed by atoms with E-state index in [4.69, 9.17) is 5.11 Å². The van der Waals surface area contributed by atoms with Gasteiger partial charge in [0, 0.05) is 0 Å². The Morgan fingerprint density at radius 1 is 1.67 bits per heavy atom. The monoisotopic (exact) mass is 238 g/mol. The predicted octanol–water partition coefficient (Wildman–Crippen LogP) is 2.26. The summed E-state index contributed by atoms with van der Waals surface area (Å²) < 4.78 is 1.82. The van der Waals surface area contributed by atoms with Crippen molar-refractivity contribution in [1.82, 2.24) is 0 Å². The summed E-state index contributed by atoms with van der Waals surface area (Å²) in [6, 6.07) is 0. The van der Waals surface area contributed by atoms with Crippen LogP contribution >= 0.6 is 22.6 Å². The fraction of sp³-hybridized carbons (Fsp3) is 0.429. The van der Waals surface area contributed by atoms with Crippen LogP contribution in [-0.2, 0) is 0 Å². The second-order valence-corrected chi connectivity index (χ2v) is 2.47. The molecule has 0 aromatic carbocycles. The van der Waals surface area contributed by atoms with Crippen molar-refractivity contribution in [2.24, 2.45) is 0 Å². The van der Waals surface area contributed by atoms with Gasteiger partial charge in [-0.25, -0.2) is 0 Å². The molecule has 0 aliphatic rings. The molecule has 1 N–H and O–H groups in total. The van der Waals surface area contributed by atoms with Crippen molar-refractivity contribution in [2.45, 2.75) is 18.9 Å². The molecule has 1 nitrogen and oxygen atoms in total. The van der Waals surface area contributed by atoms with Crippen molar-refractivity contribution in [1.29, 1.82) is 0 Å². The third kappa shape index (κ3) is 6.05. The molecule has 0 heterocycles. The summed E-state index contributed by atoms with van der Waals surface area (Å²) in [6.07, 6.45) is 4.94. The summed E-state index contributed by atoms with van der Waals surface area (Å²) in [5.41, 5.74) is 0. The minimum atomic E-state index is -0.292. The van der Waals surface area contributed by atoms with Crippen LogP contribution in [0.1, 0.15) is 12.8 Å². The molecule has 9 heavy (non-hydrogen) atoms. The normalized spacial score (nSPS) is 14.0. The van der Waals surface area contributed by atoms with Crippen molar-refractivity contribution >= 4 is 22.6 Å². The summed E-state index contributed by atoms with van der Waals surface area (Å²) in [4.78, 5) is 0. The predicted molar refractivity (Wildman–Crippen MR) is 48.6 cm³/mol. The van der Waals surface area contributed by atoms with E-state index in [-0.39, 0.29) is 6.10 Å². The van der Waals surface area contributed by atoms with Crippen molar-refractivity contribution in [3.63, 3.8) is 0 Å². The molecule has 0 saturated carbocycles. The molecule has 0 aromatic rings. The molecule has 0 rings (SSSR count). The van der Waals surface area contributed by atoms with E-state index >= 15 is 0 Å². The fourth-order valence-corrected chi connectivity index (χ4v) is 0.948. The van der Waals surface area contributed by atoms with Gasteiger partial charge in [0.2, 0.25) is 0 Å². The summed E-state index contributed by atoms with van der Waals surface area (Å²) in [6.45, 7) is 3.56. The maximum atomic E-state index is 9.04. The third-order valence-corrected chi connectivity index (χ3v) is 1.38. The fourth-order valence-electron chi connectivity index (χ4n) is 0.469. The van der Waals surface area contributed by atoms with Gasteiger partial charge in [-0.05, 0) is 16.9 Å². The lowest BCUT2D eigenvalue weighted by Crippen LogP contribution is -1.99. The van der Waals surface area contributed by atoms with Crippen LogP contribution in [0.25, 0.3) is 0 Å². The number of hydrogen-bond acceptors (Lipinski definition) is 1. The standard InChI is InChI=1S/C7H11IO/c1-2-3-4-7(9)5-6-8/h2,5-7,9H,1,3-4H2/b6-5-/t7-/m1/s1. The number of hydrogen-bond donors (Lipinski definition) is 1. The van der Waals surface area contributed by atoms with Gasteiger partial charge in [0.1, 0.15) is 0 Å². The Balaban J connectivity index is 3.25. The first-order chi connectivity index (χ1) is 4.31. The van der Waals surface area contributed by atoms with E-state index in [0.29, 0.717) is 0 Å². The van der Waals surface area contributed by atoms with Gasteiger partial charge in [-0.1, -0.05) is 34.7 Å². The molecule has 0 spiro atoms. The van der Waals surface area contributed by atoms with Crippen LogP contribution in [-0.4, -0.2) is 11.2 Å². The number of halogens is 1. The average molecular weight is 238 g/mol. The molecule has 0 aliphatic heterocycles. The molecule has 52 valence electrons. The highest BCUT2D eigenvalue weighted by Crippen LogP contribution is 1.99. The number of aliphatic hydroxyl groups excluding tert-OH is 1. The van der Waals surface area contributed by atoms with E-state index in [1.807, 2.05) is 10.2 Å². The molecule has 0 unspecified atom stereocenters. The maximum absolute atomic E-state index is 9.04. The first kappa shape index (κ1) is 9.17. The highest BCUT2D eigenvalue weighted by Gasteiger charge is 1.93. The zero-order valence-corrected chi connectivity index (χ0v) is 7.41. The highest BCUT2D eigenvalue weighted by atomic mass is 127. The van der Waals surface area contributed by atoms with E-state index in [1.165, 1.54) is 0 Å². The lowest BCUT2D eigenvalue weighted by molar-refractivity contribution is 0.214. The number of allylic oxidation sites excluding steroid dienone is 1. The lowest BCUT2D eigenvalue weighted by Gasteiger charge is -1.99. The van der Waals surface area contributed by atoms with E-state index in [0.717, 1.165) is 12.8 Å². The molecule has 0 radical (unpaired) electrons. The largest absolute Gasteiger partial charge is 0.389 e. The highest BCUT2D eigenvalue weighted by molar-refractivity contribution is 14.1. The van der Waals surface area contributed by atoms with Gasteiger partial charge in [0.25, 0.3) is 0 Å². The molecule has 0 saturated heterocycles. The second-order valence-electron chi connectivity index (χ2n) is 1.75. The molecule has 0 aromatic heterocycles. The minimum Gasteiger partial charge on any atom is -0.389 e. The molecule has 0 fully saturated rings. The Bertz CT molecular complexity index is 99.1. The van der Waals surface area contributed by atoms with Crippen LogP contribution < -0.4 is 0 Å². The van der Waals surface area contributed by atoms with Crippen molar-refractivity contribution in [2.75, 3.05) is 0 Å². The van der Waals surface area contributed by atoms with Gasteiger partial charge in [0.05, 0.1) is 6.10 Å². The summed E-state index contributed by atoms with van der Waals surface area (Å²) >= 11 is 2.09. The Morgan fingerprint density at radius 2 is 2.33 bits per heavy atom. The van der Waals surface area contributed by atoms with Gasteiger partial charge in [-0.2, -0.15) is 0 Å². The quantitative estimate of drug-likeness (QED) is 0.588. The SMILES string of the molecule is C=CCC[C@@H](O)/C=C\I. The average Bonchev–Trinajstić information content (AvgIpc) is 1.85. The molecule has 0 bridgehead atoms. The zero-order chi connectivity index (χ0) is 7.11. The maximum Gasteiger partial charge on any atom is 0.0731 e. The third-order valence-electron chi connectivity index (χ3n) is 0.961. The van der Waals surface area contributed by atoms with E-state index < -0.39 is 0 Å². The summed E-state index contributed by atoms with van der Waals surface area (Å²) in [5, 5.41) is 9.04. The molecule has 0 aliphatic carbocycles. The van der Waals surface area contributed by atoms with Gasteiger partial charge >= 0.3 is 0 Å². The molecule has 0 amide bonds. The Morgan fingerprint density at radius 3 is 2.78 bits per heavy atom. The minimum absolute atomic E-state index is 0.292. The van der Waals surface area contributed by atoms with E-state index in [1.54, 1.807) is 6.08 Å². The number of rotatable bonds is 4. The molecular weight excluding hydrogens is 227 g/mol.